The molecule has 30 heavy (non-hydrogen) atoms. The fourth-order valence-corrected chi connectivity index (χ4v) is 5.05. The number of guanidine groups is 1. The predicted octanol–water partition coefficient (Wildman–Crippen LogP) is 3.32. The van der Waals surface area contributed by atoms with Gasteiger partial charge in [-0.2, -0.15) is 0 Å². The van der Waals surface area contributed by atoms with Crippen molar-refractivity contribution in [3.63, 3.8) is 0 Å². The number of amides is 1. The number of rotatable bonds is 4. The van der Waals surface area contributed by atoms with Crippen LogP contribution in [0.1, 0.15) is 28.3 Å². The molecule has 1 amide bonds. The smallest absolute Gasteiger partial charge is 0.242 e. The van der Waals surface area contributed by atoms with E-state index in [0.717, 1.165) is 50.7 Å². The lowest BCUT2D eigenvalue weighted by atomic mass is 9.98. The molecule has 1 aromatic heterocycles. The molecule has 0 saturated carbocycles. The molecule has 6 nitrogen and oxygen atoms in total. The van der Waals surface area contributed by atoms with E-state index in [9.17, 15) is 4.79 Å². The lowest BCUT2D eigenvalue weighted by Crippen LogP contribution is -2.46. The van der Waals surface area contributed by atoms with E-state index in [0.29, 0.717) is 5.92 Å². The molecule has 1 atom stereocenters. The number of halogens is 1. The minimum absolute atomic E-state index is 0. The molecule has 0 radical (unpaired) electrons. The highest BCUT2D eigenvalue weighted by atomic mass is 127. The van der Waals surface area contributed by atoms with Gasteiger partial charge in [-0.15, -0.1) is 35.3 Å². The normalized spacial score (nSPS) is 18.6. The number of hydrogen-bond acceptors (Lipinski definition) is 4. The molecule has 1 unspecified atom stereocenters. The number of carbonyl (C=O) groups excluding carboxylic acids is 1. The van der Waals surface area contributed by atoms with Gasteiger partial charge in [-0.05, 0) is 47.5 Å². The van der Waals surface area contributed by atoms with E-state index in [4.69, 9.17) is 4.74 Å². The number of likely N-dealkylation sites (tertiary alicyclic amines) is 1. The number of fused-ring (bicyclic) bond motifs is 1. The van der Waals surface area contributed by atoms with Crippen LogP contribution < -0.4 is 10.1 Å². The summed E-state index contributed by atoms with van der Waals surface area (Å²) in [6, 6.07) is 10.4. The minimum Gasteiger partial charge on any atom is -0.497 e. The Morgan fingerprint density at radius 2 is 2.03 bits per heavy atom. The predicted molar refractivity (Wildman–Crippen MR) is 132 cm³/mol. The molecule has 0 bridgehead atoms. The number of nitrogens with zero attached hydrogens (tertiary/aromatic N) is 3. The van der Waals surface area contributed by atoms with Gasteiger partial charge in [-0.1, -0.05) is 12.1 Å². The standard InChI is InChI=1S/C22H28N4O2S.HI/c1-23-22(24-13-21(27)25-11-8-20-18(15-25)9-12-29-20)26-10-7-17(14-26)16-3-5-19(28-2)6-4-16;/h3-6,9,12,17H,7-8,10-11,13-15H2,1-2H3,(H,23,24);1H. The summed E-state index contributed by atoms with van der Waals surface area (Å²) in [5.41, 5.74) is 2.61. The van der Waals surface area contributed by atoms with Crippen LogP contribution in [0.2, 0.25) is 0 Å². The van der Waals surface area contributed by atoms with Gasteiger partial charge in [0.15, 0.2) is 5.96 Å². The Morgan fingerprint density at radius 3 is 2.77 bits per heavy atom. The first-order valence-electron chi connectivity index (χ1n) is 10.1. The number of hydrogen-bond donors (Lipinski definition) is 1. The second-order valence-electron chi connectivity index (χ2n) is 7.54. The molecule has 1 aromatic carbocycles. The minimum atomic E-state index is 0. The van der Waals surface area contributed by atoms with Gasteiger partial charge in [0.25, 0.3) is 0 Å². The number of ether oxygens (including phenoxy) is 1. The molecule has 2 aliphatic heterocycles. The number of carbonyl (C=O) groups is 1. The highest BCUT2D eigenvalue weighted by Crippen LogP contribution is 2.28. The largest absolute Gasteiger partial charge is 0.497 e. The van der Waals surface area contributed by atoms with Crippen molar-refractivity contribution in [2.75, 3.05) is 40.3 Å². The van der Waals surface area contributed by atoms with Gasteiger partial charge < -0.3 is 19.9 Å². The number of benzene rings is 1. The Hall–Kier alpha value is -1.81. The molecular formula is C22H29IN4O2S. The van der Waals surface area contributed by atoms with Crippen LogP contribution in [-0.4, -0.2) is 62.0 Å². The van der Waals surface area contributed by atoms with Crippen LogP contribution in [0.15, 0.2) is 40.7 Å². The quantitative estimate of drug-likeness (QED) is 0.368. The van der Waals surface area contributed by atoms with Crippen molar-refractivity contribution in [3.8, 4) is 5.75 Å². The van der Waals surface area contributed by atoms with E-state index in [1.54, 1.807) is 25.5 Å². The van der Waals surface area contributed by atoms with E-state index in [1.165, 1.54) is 16.0 Å². The number of methoxy groups -OCH3 is 1. The summed E-state index contributed by atoms with van der Waals surface area (Å²) in [6.45, 7) is 3.65. The van der Waals surface area contributed by atoms with Crippen LogP contribution >= 0.6 is 35.3 Å². The highest BCUT2D eigenvalue weighted by molar-refractivity contribution is 14.0. The average Bonchev–Trinajstić information content (AvgIpc) is 3.43. The fraction of sp³-hybridized carbons (Fsp3) is 0.455. The van der Waals surface area contributed by atoms with Crippen LogP contribution in [0.25, 0.3) is 0 Å². The molecule has 162 valence electrons. The van der Waals surface area contributed by atoms with Crippen LogP contribution in [0.5, 0.6) is 5.75 Å². The summed E-state index contributed by atoms with van der Waals surface area (Å²) in [5.74, 6) is 2.29. The Kier molecular flexibility index (Phi) is 7.99. The van der Waals surface area contributed by atoms with Gasteiger partial charge in [0, 0.05) is 44.0 Å². The summed E-state index contributed by atoms with van der Waals surface area (Å²) < 4.78 is 5.25. The Bertz CT molecular complexity index is 884. The van der Waals surface area contributed by atoms with Crippen molar-refractivity contribution < 1.29 is 9.53 Å². The lowest BCUT2D eigenvalue weighted by molar-refractivity contribution is -0.130. The van der Waals surface area contributed by atoms with Crippen molar-refractivity contribution in [3.05, 3.63) is 51.7 Å². The molecule has 0 aliphatic carbocycles. The van der Waals surface area contributed by atoms with E-state index in [2.05, 4.69) is 38.8 Å². The van der Waals surface area contributed by atoms with E-state index in [1.807, 2.05) is 17.0 Å². The number of nitrogens with one attached hydrogen (secondary N) is 1. The summed E-state index contributed by atoms with van der Waals surface area (Å²) >= 11 is 1.79. The van der Waals surface area contributed by atoms with Crippen LogP contribution in [0.4, 0.5) is 0 Å². The monoisotopic (exact) mass is 540 g/mol. The molecular weight excluding hydrogens is 511 g/mol. The lowest BCUT2D eigenvalue weighted by Gasteiger charge is -2.28. The van der Waals surface area contributed by atoms with E-state index in [-0.39, 0.29) is 36.4 Å². The van der Waals surface area contributed by atoms with Gasteiger partial charge >= 0.3 is 0 Å². The molecule has 2 aromatic rings. The van der Waals surface area contributed by atoms with E-state index >= 15 is 0 Å². The summed E-state index contributed by atoms with van der Waals surface area (Å²) in [6.07, 6.45) is 2.04. The summed E-state index contributed by atoms with van der Waals surface area (Å²) in [7, 11) is 3.47. The first-order valence-corrected chi connectivity index (χ1v) is 11.0. The van der Waals surface area contributed by atoms with Gasteiger partial charge in [0.1, 0.15) is 5.75 Å². The zero-order chi connectivity index (χ0) is 20.2. The summed E-state index contributed by atoms with van der Waals surface area (Å²) in [5, 5.41) is 5.40. The second-order valence-corrected chi connectivity index (χ2v) is 8.54. The van der Waals surface area contributed by atoms with Gasteiger partial charge in [-0.25, -0.2) is 0 Å². The van der Waals surface area contributed by atoms with Crippen molar-refractivity contribution in [1.82, 2.24) is 15.1 Å². The topological polar surface area (TPSA) is 57.2 Å². The first kappa shape index (κ1) is 22.9. The number of thiophene rings is 1. The Labute approximate surface area is 199 Å². The average molecular weight is 540 g/mol. The molecule has 0 spiro atoms. The summed E-state index contributed by atoms with van der Waals surface area (Å²) in [4.78, 5) is 22.7. The zero-order valence-electron chi connectivity index (χ0n) is 17.5. The third-order valence-electron chi connectivity index (χ3n) is 5.84. The second kappa shape index (κ2) is 10.5. The molecule has 1 fully saturated rings. The van der Waals surface area contributed by atoms with Crippen LogP contribution in [0.3, 0.4) is 0 Å². The molecule has 2 aliphatic rings. The van der Waals surface area contributed by atoms with Gasteiger partial charge in [0.2, 0.25) is 5.91 Å². The Balaban J connectivity index is 0.00000256. The SMILES string of the molecule is CN=C(NCC(=O)N1CCc2sccc2C1)N1CCC(c2ccc(OC)cc2)C1.I. The van der Waals surface area contributed by atoms with Crippen molar-refractivity contribution >= 4 is 47.2 Å². The van der Waals surface area contributed by atoms with Gasteiger partial charge in [-0.3, -0.25) is 9.79 Å². The van der Waals surface area contributed by atoms with Crippen molar-refractivity contribution in [2.45, 2.75) is 25.3 Å². The Morgan fingerprint density at radius 1 is 1.23 bits per heavy atom. The van der Waals surface area contributed by atoms with Crippen molar-refractivity contribution in [2.24, 2.45) is 4.99 Å². The molecule has 3 heterocycles. The maximum Gasteiger partial charge on any atom is 0.242 e. The van der Waals surface area contributed by atoms with Crippen molar-refractivity contribution in [1.29, 1.82) is 0 Å². The third-order valence-corrected chi connectivity index (χ3v) is 6.87. The number of aliphatic imine (C=N–C) groups is 1. The fourth-order valence-electron chi connectivity index (χ4n) is 4.16. The van der Waals surface area contributed by atoms with E-state index < -0.39 is 0 Å². The van der Waals surface area contributed by atoms with Crippen LogP contribution in [-0.2, 0) is 17.8 Å². The molecule has 1 N–H and O–H groups in total. The maximum atomic E-state index is 12.7. The van der Waals surface area contributed by atoms with Gasteiger partial charge in [0.05, 0.1) is 13.7 Å². The molecule has 1 saturated heterocycles. The molecule has 8 heteroatoms. The van der Waals surface area contributed by atoms with Crippen LogP contribution in [0, 0.1) is 0 Å². The third kappa shape index (κ3) is 5.08. The highest BCUT2D eigenvalue weighted by Gasteiger charge is 2.27. The molecule has 4 rings (SSSR count). The maximum absolute atomic E-state index is 12.7. The first-order chi connectivity index (χ1) is 14.2. The zero-order valence-corrected chi connectivity index (χ0v) is 20.6.